The molecule has 6 heteroatoms. The SMILES string of the molecule is CN(C)c1noc(CC2COCCN2)n1. The van der Waals surface area contributed by atoms with Crippen LogP contribution in [0.5, 0.6) is 0 Å². The molecule has 0 amide bonds. The first-order valence-corrected chi connectivity index (χ1v) is 5.07. The molecule has 0 aromatic carbocycles. The Morgan fingerprint density at radius 3 is 3.00 bits per heavy atom. The maximum atomic E-state index is 5.35. The van der Waals surface area contributed by atoms with Crippen molar-refractivity contribution in [3.05, 3.63) is 5.89 Å². The van der Waals surface area contributed by atoms with Crippen molar-refractivity contribution in [2.24, 2.45) is 0 Å². The summed E-state index contributed by atoms with van der Waals surface area (Å²) in [6.45, 7) is 2.38. The van der Waals surface area contributed by atoms with E-state index in [2.05, 4.69) is 15.5 Å². The standard InChI is InChI=1S/C9H16N4O2/c1-13(2)9-11-8(15-12-9)5-7-6-14-4-3-10-7/h7,10H,3-6H2,1-2H3. The van der Waals surface area contributed by atoms with E-state index < -0.39 is 0 Å². The highest BCUT2D eigenvalue weighted by Crippen LogP contribution is 2.08. The van der Waals surface area contributed by atoms with E-state index in [4.69, 9.17) is 9.26 Å². The summed E-state index contributed by atoms with van der Waals surface area (Å²) in [6, 6.07) is 0.286. The van der Waals surface area contributed by atoms with Crippen LogP contribution in [0.15, 0.2) is 4.52 Å². The van der Waals surface area contributed by atoms with Gasteiger partial charge in [0.1, 0.15) is 0 Å². The van der Waals surface area contributed by atoms with Crippen molar-refractivity contribution in [1.29, 1.82) is 0 Å². The van der Waals surface area contributed by atoms with Gasteiger partial charge in [0, 0.05) is 33.1 Å². The number of nitrogens with one attached hydrogen (secondary N) is 1. The number of rotatable bonds is 3. The minimum absolute atomic E-state index is 0.286. The number of hydrogen-bond donors (Lipinski definition) is 1. The minimum atomic E-state index is 0.286. The highest BCUT2D eigenvalue weighted by molar-refractivity contribution is 5.23. The highest BCUT2D eigenvalue weighted by atomic mass is 16.5. The van der Waals surface area contributed by atoms with Crippen molar-refractivity contribution in [2.45, 2.75) is 12.5 Å². The van der Waals surface area contributed by atoms with Crippen LogP contribution < -0.4 is 10.2 Å². The van der Waals surface area contributed by atoms with Crippen LogP contribution in [0, 0.1) is 0 Å². The highest BCUT2D eigenvalue weighted by Gasteiger charge is 2.17. The largest absolute Gasteiger partial charge is 0.378 e. The van der Waals surface area contributed by atoms with Gasteiger partial charge in [-0.2, -0.15) is 4.98 Å². The zero-order chi connectivity index (χ0) is 10.7. The van der Waals surface area contributed by atoms with Crippen molar-refractivity contribution >= 4 is 5.95 Å². The van der Waals surface area contributed by atoms with Crippen molar-refractivity contribution in [3.8, 4) is 0 Å². The average Bonchev–Trinajstić information content (AvgIpc) is 2.68. The van der Waals surface area contributed by atoms with Crippen molar-refractivity contribution in [1.82, 2.24) is 15.5 Å². The zero-order valence-electron chi connectivity index (χ0n) is 9.06. The second kappa shape index (κ2) is 4.59. The van der Waals surface area contributed by atoms with E-state index in [0.717, 1.165) is 19.6 Å². The van der Waals surface area contributed by atoms with Crippen LogP contribution in [-0.4, -0.2) is 50.0 Å². The van der Waals surface area contributed by atoms with Gasteiger partial charge < -0.3 is 19.5 Å². The van der Waals surface area contributed by atoms with E-state index in [-0.39, 0.29) is 6.04 Å². The van der Waals surface area contributed by atoms with Crippen LogP contribution in [0.4, 0.5) is 5.95 Å². The summed E-state index contributed by atoms with van der Waals surface area (Å²) < 4.78 is 10.5. The molecule has 1 fully saturated rings. The molecule has 2 heterocycles. The maximum Gasteiger partial charge on any atom is 0.265 e. The van der Waals surface area contributed by atoms with E-state index >= 15 is 0 Å². The molecule has 6 nitrogen and oxygen atoms in total. The molecule has 0 radical (unpaired) electrons. The fourth-order valence-electron chi connectivity index (χ4n) is 1.47. The molecule has 1 aliphatic rings. The molecule has 0 bridgehead atoms. The molecule has 1 unspecified atom stereocenters. The smallest absolute Gasteiger partial charge is 0.265 e. The zero-order valence-corrected chi connectivity index (χ0v) is 9.06. The molecule has 2 rings (SSSR count). The fraction of sp³-hybridized carbons (Fsp3) is 0.778. The summed E-state index contributed by atoms with van der Waals surface area (Å²) >= 11 is 0. The number of anilines is 1. The predicted octanol–water partition coefficient (Wildman–Crippen LogP) is -0.333. The molecular formula is C9H16N4O2. The molecule has 1 aromatic rings. The van der Waals surface area contributed by atoms with Gasteiger partial charge in [-0.25, -0.2) is 0 Å². The molecular weight excluding hydrogens is 196 g/mol. The molecule has 0 spiro atoms. The van der Waals surface area contributed by atoms with Crippen LogP contribution in [0.2, 0.25) is 0 Å². The lowest BCUT2D eigenvalue weighted by Gasteiger charge is -2.22. The second-order valence-electron chi connectivity index (χ2n) is 3.81. The molecule has 0 saturated carbocycles. The summed E-state index contributed by atoms with van der Waals surface area (Å²) in [4.78, 5) is 6.07. The van der Waals surface area contributed by atoms with E-state index in [0.29, 0.717) is 18.4 Å². The lowest BCUT2D eigenvalue weighted by Crippen LogP contribution is -2.42. The third-order valence-electron chi connectivity index (χ3n) is 2.28. The first-order valence-electron chi connectivity index (χ1n) is 5.07. The number of ether oxygens (including phenoxy) is 1. The first-order chi connectivity index (χ1) is 7.25. The molecule has 0 aliphatic carbocycles. The van der Waals surface area contributed by atoms with Crippen LogP contribution in [0.1, 0.15) is 5.89 Å². The number of morpholine rings is 1. The Bertz CT molecular complexity index is 307. The third kappa shape index (κ3) is 2.66. The minimum Gasteiger partial charge on any atom is -0.378 e. The quantitative estimate of drug-likeness (QED) is 0.740. The molecule has 1 atom stereocenters. The van der Waals surface area contributed by atoms with E-state index in [9.17, 15) is 0 Å². The van der Waals surface area contributed by atoms with Crippen molar-refractivity contribution in [2.75, 3.05) is 38.8 Å². The van der Waals surface area contributed by atoms with Gasteiger partial charge in [0.2, 0.25) is 5.89 Å². The van der Waals surface area contributed by atoms with E-state index in [1.165, 1.54) is 0 Å². The van der Waals surface area contributed by atoms with Gasteiger partial charge in [0.25, 0.3) is 5.95 Å². The molecule has 15 heavy (non-hydrogen) atoms. The lowest BCUT2D eigenvalue weighted by molar-refractivity contribution is 0.0744. The number of aromatic nitrogens is 2. The Balaban J connectivity index is 1.91. The Morgan fingerprint density at radius 1 is 1.53 bits per heavy atom. The molecule has 1 aromatic heterocycles. The monoisotopic (exact) mass is 212 g/mol. The van der Waals surface area contributed by atoms with Crippen molar-refractivity contribution in [3.63, 3.8) is 0 Å². The summed E-state index contributed by atoms with van der Waals surface area (Å²) in [5.74, 6) is 1.27. The van der Waals surface area contributed by atoms with Gasteiger partial charge >= 0.3 is 0 Å². The van der Waals surface area contributed by atoms with Gasteiger partial charge in [0.05, 0.1) is 13.2 Å². The lowest BCUT2D eigenvalue weighted by atomic mass is 10.2. The Labute approximate surface area is 88.6 Å². The number of nitrogens with zero attached hydrogens (tertiary/aromatic N) is 3. The summed E-state index contributed by atoms with van der Waals surface area (Å²) in [5, 5.41) is 7.19. The van der Waals surface area contributed by atoms with Gasteiger partial charge in [-0.05, 0) is 5.16 Å². The molecule has 84 valence electrons. The van der Waals surface area contributed by atoms with Crippen LogP contribution in [-0.2, 0) is 11.2 Å². The maximum absolute atomic E-state index is 5.35. The third-order valence-corrected chi connectivity index (χ3v) is 2.28. The first kappa shape index (κ1) is 10.4. The van der Waals surface area contributed by atoms with Gasteiger partial charge in [-0.15, -0.1) is 0 Å². The molecule has 1 aliphatic heterocycles. The van der Waals surface area contributed by atoms with Gasteiger partial charge in [-0.3, -0.25) is 0 Å². The van der Waals surface area contributed by atoms with E-state index in [1.54, 1.807) is 0 Å². The summed E-state index contributed by atoms with van der Waals surface area (Å²) in [5.41, 5.74) is 0. The Hall–Kier alpha value is -1.14. The molecule has 1 saturated heterocycles. The Kier molecular flexibility index (Phi) is 3.17. The second-order valence-corrected chi connectivity index (χ2v) is 3.81. The van der Waals surface area contributed by atoms with Crippen molar-refractivity contribution < 1.29 is 9.26 Å². The Morgan fingerprint density at radius 2 is 2.40 bits per heavy atom. The summed E-state index contributed by atoms with van der Waals surface area (Å²) in [6.07, 6.45) is 0.723. The van der Waals surface area contributed by atoms with Gasteiger partial charge in [-0.1, -0.05) is 0 Å². The molecule has 1 N–H and O–H groups in total. The normalized spacial score (nSPS) is 21.6. The topological polar surface area (TPSA) is 63.4 Å². The van der Waals surface area contributed by atoms with Crippen LogP contribution >= 0.6 is 0 Å². The fourth-order valence-corrected chi connectivity index (χ4v) is 1.47. The van der Waals surface area contributed by atoms with E-state index in [1.807, 2.05) is 19.0 Å². The van der Waals surface area contributed by atoms with Crippen LogP contribution in [0.25, 0.3) is 0 Å². The average molecular weight is 212 g/mol. The summed E-state index contributed by atoms with van der Waals surface area (Å²) in [7, 11) is 3.77. The van der Waals surface area contributed by atoms with Crippen LogP contribution in [0.3, 0.4) is 0 Å². The number of hydrogen-bond acceptors (Lipinski definition) is 6. The van der Waals surface area contributed by atoms with Gasteiger partial charge in [0.15, 0.2) is 0 Å². The predicted molar refractivity (Wildman–Crippen MR) is 54.9 cm³/mol.